The molecule has 0 fully saturated rings. The van der Waals surface area contributed by atoms with Crippen LogP contribution in [0.3, 0.4) is 0 Å². The van der Waals surface area contributed by atoms with E-state index in [1.54, 1.807) is 0 Å². The van der Waals surface area contributed by atoms with Gasteiger partial charge in [0.25, 0.3) is 0 Å². The molecule has 0 radical (unpaired) electrons. The van der Waals surface area contributed by atoms with Crippen molar-refractivity contribution >= 4 is 17.2 Å². The minimum absolute atomic E-state index is 0.162. The summed E-state index contributed by atoms with van der Waals surface area (Å²) in [6.07, 6.45) is -0.162. The Morgan fingerprint density at radius 2 is 2.07 bits per heavy atom. The zero-order valence-electron chi connectivity index (χ0n) is 8.24. The largest absolute Gasteiger partial charge is 0.481 e. The number of hydrogen-bond donors (Lipinski definition) is 2. The second-order valence-corrected chi connectivity index (χ2v) is 3.42. The Balaban J connectivity index is 2.61. The second-order valence-electron chi connectivity index (χ2n) is 3.42. The third-order valence-corrected chi connectivity index (χ3v) is 2.40. The third-order valence-electron chi connectivity index (χ3n) is 2.40. The number of rotatable bonds is 0. The van der Waals surface area contributed by atoms with Crippen molar-refractivity contribution in [3.63, 3.8) is 0 Å². The molecule has 0 amide bonds. The predicted octanol–water partition coefficient (Wildman–Crippen LogP) is 1.35. The van der Waals surface area contributed by atoms with E-state index in [-0.39, 0.29) is 6.10 Å². The van der Waals surface area contributed by atoms with Gasteiger partial charge < -0.3 is 16.2 Å². The quantitative estimate of drug-likeness (QED) is 0.608. The molecule has 1 aromatic carbocycles. The Kier molecular flexibility index (Phi) is 1.84. The Hall–Kier alpha value is -1.71. The standard InChI is InChI=1S/C10H13N3O/c1-5-7(11)3-4-8-9(5)13-10(12)6(2)14-8/h3-4,6H,11H2,1-2H3,(H2,12,13). The van der Waals surface area contributed by atoms with Crippen LogP contribution in [0.1, 0.15) is 12.5 Å². The van der Waals surface area contributed by atoms with Gasteiger partial charge in [0.2, 0.25) is 0 Å². The molecule has 0 spiro atoms. The van der Waals surface area contributed by atoms with Gasteiger partial charge in [0.1, 0.15) is 17.3 Å². The van der Waals surface area contributed by atoms with Crippen LogP contribution in [0.25, 0.3) is 0 Å². The molecule has 1 heterocycles. The van der Waals surface area contributed by atoms with E-state index in [1.807, 2.05) is 26.0 Å². The van der Waals surface area contributed by atoms with E-state index in [9.17, 15) is 0 Å². The van der Waals surface area contributed by atoms with Crippen LogP contribution in [0.15, 0.2) is 17.1 Å². The van der Waals surface area contributed by atoms with Gasteiger partial charge in [0.15, 0.2) is 6.10 Å². The molecule has 14 heavy (non-hydrogen) atoms. The molecule has 0 bridgehead atoms. The van der Waals surface area contributed by atoms with Crippen molar-refractivity contribution in [2.75, 3.05) is 5.73 Å². The van der Waals surface area contributed by atoms with Gasteiger partial charge >= 0.3 is 0 Å². The van der Waals surface area contributed by atoms with Crippen molar-refractivity contribution in [2.45, 2.75) is 20.0 Å². The van der Waals surface area contributed by atoms with E-state index in [0.29, 0.717) is 11.5 Å². The molecule has 4 nitrogen and oxygen atoms in total. The first kappa shape index (κ1) is 8.87. The first-order valence-corrected chi connectivity index (χ1v) is 4.49. The number of nitrogens with two attached hydrogens (primary N) is 2. The fraction of sp³-hybridized carbons (Fsp3) is 0.300. The van der Waals surface area contributed by atoms with Crippen molar-refractivity contribution in [3.05, 3.63) is 17.7 Å². The minimum Gasteiger partial charge on any atom is -0.481 e. The molecular weight excluding hydrogens is 178 g/mol. The van der Waals surface area contributed by atoms with E-state index < -0.39 is 0 Å². The van der Waals surface area contributed by atoms with Gasteiger partial charge in [-0.1, -0.05) is 0 Å². The molecule has 4 heteroatoms. The molecule has 1 unspecified atom stereocenters. The molecule has 1 atom stereocenters. The fourth-order valence-electron chi connectivity index (χ4n) is 1.40. The summed E-state index contributed by atoms with van der Waals surface area (Å²) in [6.45, 7) is 3.78. The summed E-state index contributed by atoms with van der Waals surface area (Å²) in [5.41, 5.74) is 13.8. The number of anilines is 1. The molecule has 0 saturated heterocycles. The topological polar surface area (TPSA) is 73.6 Å². The van der Waals surface area contributed by atoms with Gasteiger partial charge in [-0.25, -0.2) is 4.99 Å². The van der Waals surface area contributed by atoms with Crippen molar-refractivity contribution < 1.29 is 4.74 Å². The third kappa shape index (κ3) is 1.19. The molecule has 1 aliphatic rings. The fourth-order valence-corrected chi connectivity index (χ4v) is 1.40. The molecular formula is C10H13N3O. The molecule has 1 aromatic rings. The molecule has 1 aliphatic heterocycles. The van der Waals surface area contributed by atoms with E-state index >= 15 is 0 Å². The van der Waals surface area contributed by atoms with Crippen LogP contribution in [-0.2, 0) is 0 Å². The lowest BCUT2D eigenvalue weighted by Gasteiger charge is -2.22. The molecule has 4 N–H and O–H groups in total. The molecule has 74 valence electrons. The highest BCUT2D eigenvalue weighted by molar-refractivity contribution is 5.91. The highest BCUT2D eigenvalue weighted by atomic mass is 16.5. The molecule has 0 aliphatic carbocycles. The Morgan fingerprint density at radius 1 is 1.36 bits per heavy atom. The van der Waals surface area contributed by atoms with Crippen LogP contribution in [0.4, 0.5) is 11.4 Å². The summed E-state index contributed by atoms with van der Waals surface area (Å²) in [7, 11) is 0. The number of nitrogens with zero attached hydrogens (tertiary/aromatic N) is 1. The Labute approximate surface area is 82.6 Å². The highest BCUT2D eigenvalue weighted by Crippen LogP contribution is 2.37. The minimum atomic E-state index is -0.162. The zero-order valence-corrected chi connectivity index (χ0v) is 8.24. The van der Waals surface area contributed by atoms with Crippen LogP contribution in [0.5, 0.6) is 5.75 Å². The number of benzene rings is 1. The van der Waals surface area contributed by atoms with Crippen molar-refractivity contribution in [2.24, 2.45) is 10.7 Å². The first-order valence-electron chi connectivity index (χ1n) is 4.49. The summed E-state index contributed by atoms with van der Waals surface area (Å²) < 4.78 is 5.57. The van der Waals surface area contributed by atoms with Crippen molar-refractivity contribution in [1.29, 1.82) is 0 Å². The predicted molar refractivity (Wildman–Crippen MR) is 57.0 cm³/mol. The van der Waals surface area contributed by atoms with E-state index in [1.165, 1.54) is 0 Å². The summed E-state index contributed by atoms with van der Waals surface area (Å²) in [6, 6.07) is 3.64. The summed E-state index contributed by atoms with van der Waals surface area (Å²) in [5, 5.41) is 0. The number of ether oxygens (including phenoxy) is 1. The summed E-state index contributed by atoms with van der Waals surface area (Å²) >= 11 is 0. The van der Waals surface area contributed by atoms with Gasteiger partial charge in [0, 0.05) is 11.3 Å². The SMILES string of the molecule is Cc1c(N)ccc2c1N=C(N)C(C)O2. The van der Waals surface area contributed by atoms with E-state index in [2.05, 4.69) is 4.99 Å². The highest BCUT2D eigenvalue weighted by Gasteiger charge is 2.20. The maximum Gasteiger partial charge on any atom is 0.153 e. The number of amidine groups is 1. The lowest BCUT2D eigenvalue weighted by molar-refractivity contribution is 0.281. The number of aliphatic imine (C=N–C) groups is 1. The van der Waals surface area contributed by atoms with Gasteiger partial charge in [0.05, 0.1) is 0 Å². The molecule has 0 aromatic heterocycles. The van der Waals surface area contributed by atoms with Crippen molar-refractivity contribution in [1.82, 2.24) is 0 Å². The monoisotopic (exact) mass is 191 g/mol. The lowest BCUT2D eigenvalue weighted by Crippen LogP contribution is -2.33. The normalized spacial score (nSPS) is 19.6. The second kappa shape index (κ2) is 2.90. The van der Waals surface area contributed by atoms with Gasteiger partial charge in [-0.05, 0) is 26.0 Å². The average Bonchev–Trinajstić information content (AvgIpc) is 2.15. The Morgan fingerprint density at radius 3 is 2.79 bits per heavy atom. The maximum absolute atomic E-state index is 5.76. The maximum atomic E-state index is 5.76. The number of hydrogen-bond acceptors (Lipinski definition) is 4. The van der Waals surface area contributed by atoms with Crippen LogP contribution >= 0.6 is 0 Å². The smallest absolute Gasteiger partial charge is 0.153 e. The van der Waals surface area contributed by atoms with Crippen LogP contribution in [-0.4, -0.2) is 11.9 Å². The first-order chi connectivity index (χ1) is 6.59. The van der Waals surface area contributed by atoms with Gasteiger partial charge in [-0.15, -0.1) is 0 Å². The Bertz CT molecular complexity index is 412. The molecule has 2 rings (SSSR count). The van der Waals surface area contributed by atoms with Crippen LogP contribution < -0.4 is 16.2 Å². The summed E-state index contributed by atoms with van der Waals surface area (Å²) in [5.74, 6) is 1.24. The zero-order chi connectivity index (χ0) is 10.3. The molecule has 0 saturated carbocycles. The van der Waals surface area contributed by atoms with E-state index in [0.717, 1.165) is 17.0 Å². The van der Waals surface area contributed by atoms with E-state index in [4.69, 9.17) is 16.2 Å². The average molecular weight is 191 g/mol. The van der Waals surface area contributed by atoms with Crippen LogP contribution in [0, 0.1) is 6.92 Å². The lowest BCUT2D eigenvalue weighted by atomic mass is 10.1. The van der Waals surface area contributed by atoms with Gasteiger partial charge in [-0.3, -0.25) is 0 Å². The van der Waals surface area contributed by atoms with Crippen LogP contribution in [0.2, 0.25) is 0 Å². The van der Waals surface area contributed by atoms with Crippen molar-refractivity contribution in [3.8, 4) is 5.75 Å². The number of nitrogen functional groups attached to an aromatic ring is 1. The number of fused-ring (bicyclic) bond motifs is 1. The summed E-state index contributed by atoms with van der Waals surface area (Å²) in [4.78, 5) is 4.28. The van der Waals surface area contributed by atoms with Gasteiger partial charge in [-0.2, -0.15) is 0 Å².